The van der Waals surface area contributed by atoms with Crippen molar-refractivity contribution in [3.8, 4) is 17.6 Å². The van der Waals surface area contributed by atoms with Crippen LogP contribution in [-0.4, -0.2) is 67.5 Å². The fraction of sp³-hybridized carbons (Fsp3) is 0.639. The Morgan fingerprint density at radius 3 is 1.28 bits per heavy atom. The third kappa shape index (κ3) is 31.6. The van der Waals surface area contributed by atoms with E-state index in [1.165, 1.54) is 39.0 Å². The van der Waals surface area contributed by atoms with Crippen molar-refractivity contribution in [1.29, 1.82) is 5.26 Å². The molecule has 0 fully saturated rings. The van der Waals surface area contributed by atoms with Crippen molar-refractivity contribution < 1.29 is 18.4 Å². The van der Waals surface area contributed by atoms with E-state index in [-0.39, 0.29) is 93.7 Å². The zero-order valence-corrected chi connectivity index (χ0v) is 80.5. The molecule has 0 bridgehead atoms. The fourth-order valence-corrected chi connectivity index (χ4v) is 12.4. The number of rotatable bonds is 5. The van der Waals surface area contributed by atoms with Gasteiger partial charge in [-0.2, -0.15) is 5.26 Å². The van der Waals surface area contributed by atoms with Crippen LogP contribution >= 0.6 is 0 Å². The van der Waals surface area contributed by atoms with Crippen LogP contribution in [0.5, 0.6) is 11.5 Å². The second-order valence-electron chi connectivity index (χ2n) is 43.8. The van der Waals surface area contributed by atoms with Crippen LogP contribution in [0.2, 0.25) is 0 Å². The monoisotopic (exact) mass is 1560 g/mol. The lowest BCUT2D eigenvalue weighted by Crippen LogP contribution is -2.37. The summed E-state index contributed by atoms with van der Waals surface area (Å²) in [4.78, 5) is 45.1. The number of aryl methyl sites for hydroxylation is 2. The minimum atomic E-state index is -0.985. The Labute approximate surface area is 685 Å². The molecule has 0 amide bonds. The molecule has 2 unspecified atom stereocenters. The molecule has 1 aliphatic heterocycles. The highest BCUT2D eigenvalue weighted by Crippen LogP contribution is 2.40. The van der Waals surface area contributed by atoms with Gasteiger partial charge in [0.05, 0.1) is 36.1 Å². The minimum Gasteiger partial charge on any atom is -0.495 e. The van der Waals surface area contributed by atoms with Gasteiger partial charge in [-0.05, 0) is 136 Å². The van der Waals surface area contributed by atoms with E-state index in [0.717, 1.165) is 55.7 Å². The fourth-order valence-electron chi connectivity index (χ4n) is 11.5. The van der Waals surface area contributed by atoms with Crippen molar-refractivity contribution >= 4 is 10.8 Å². The van der Waals surface area contributed by atoms with Gasteiger partial charge in [-0.25, -0.2) is 4.98 Å². The van der Waals surface area contributed by atoms with Gasteiger partial charge in [-0.3, -0.25) is 28.7 Å². The number of nitrogens with one attached hydrogen (secondary N) is 2. The summed E-state index contributed by atoms with van der Waals surface area (Å²) < 4.78 is 29.7. The molecule has 0 aliphatic carbocycles. The molecule has 1 aliphatic rings. The summed E-state index contributed by atoms with van der Waals surface area (Å²) in [6, 6.07) is 14.8. The van der Waals surface area contributed by atoms with E-state index >= 15 is 0 Å². The molecule has 0 radical (unpaired) electrons. The SMILES string of the molecule is CC(C)(C)c1c[nH]c(=O)c(C(C)(C)C)c1.CC(C)c1cc(C(C)(C)C)cn(C)c1=O.COC1NC=C(C(C)(C)C)C=C1C(C)(C)C.COc1c(C(C)(C)C)cc(C(C)(C)C)nc1C#N.COc1cnc(C(C)(C)C)cc1C(C)(C)C.CS(=O)c1cnc(C(C)(C)C)cc1C(C)(C)C.Cc1ncc(C(C)(C)C)cc1C(C)(C)C. The predicted molar refractivity (Wildman–Crippen MR) is 479 cm³/mol. The summed E-state index contributed by atoms with van der Waals surface area (Å²) in [7, 11) is 5.87. The first kappa shape index (κ1) is 103. The van der Waals surface area contributed by atoms with Gasteiger partial charge in [0.15, 0.2) is 11.4 Å². The summed E-state index contributed by atoms with van der Waals surface area (Å²) >= 11 is 0. The van der Waals surface area contributed by atoms with Crippen molar-refractivity contribution in [2.45, 2.75) is 367 Å². The molecule has 6 aromatic heterocycles. The Hall–Kier alpha value is -7.02. The van der Waals surface area contributed by atoms with Gasteiger partial charge >= 0.3 is 0 Å². The van der Waals surface area contributed by atoms with Crippen molar-refractivity contribution in [3.63, 3.8) is 0 Å². The first-order valence-electron chi connectivity index (χ1n) is 40.0. The summed E-state index contributed by atoms with van der Waals surface area (Å²) in [6.07, 6.45) is 15.4. The lowest BCUT2D eigenvalue weighted by Gasteiger charge is -2.35. The number of hydrogen-bond acceptors (Lipinski definition) is 12. The summed E-state index contributed by atoms with van der Waals surface area (Å²) in [6.45, 7) is 90.6. The molecule has 6 aromatic rings. The molecule has 628 valence electrons. The van der Waals surface area contributed by atoms with Gasteiger partial charge in [0.2, 0.25) is 0 Å². The van der Waals surface area contributed by atoms with Crippen LogP contribution in [0.15, 0.2) is 105 Å². The molecule has 7 heterocycles. The predicted octanol–water partition coefficient (Wildman–Crippen LogP) is 23.9. The van der Waals surface area contributed by atoms with Gasteiger partial charge < -0.3 is 29.1 Å². The van der Waals surface area contributed by atoms with Gasteiger partial charge in [-0.15, -0.1) is 0 Å². The number of ether oxygens (including phenoxy) is 3. The number of pyridine rings is 6. The molecule has 112 heavy (non-hydrogen) atoms. The van der Waals surface area contributed by atoms with Crippen molar-refractivity contribution in [3.05, 3.63) is 190 Å². The average molecular weight is 1560 g/mol. The van der Waals surface area contributed by atoms with Crippen molar-refractivity contribution in [2.24, 2.45) is 17.9 Å². The number of H-pyrrole nitrogens is 1. The number of allylic oxidation sites excluding steroid dienone is 2. The van der Waals surface area contributed by atoms with E-state index < -0.39 is 10.8 Å². The maximum Gasteiger partial charge on any atom is 0.253 e. The number of hydrogen-bond donors (Lipinski definition) is 2. The minimum absolute atomic E-state index is 0.00565. The smallest absolute Gasteiger partial charge is 0.253 e. The second kappa shape index (κ2) is 38.6. The maximum atomic E-state index is 11.9. The summed E-state index contributed by atoms with van der Waals surface area (Å²) in [5, 5.41) is 12.6. The Balaban J connectivity index is 0.000000654. The molecule has 7 rings (SSSR count). The zero-order chi connectivity index (χ0) is 88.2. The Morgan fingerprint density at radius 1 is 0.482 bits per heavy atom. The molecular weight excluding hydrogens is 1410 g/mol. The molecule has 0 aromatic carbocycles. The molecule has 2 N–H and O–H groups in total. The molecule has 0 saturated carbocycles. The van der Waals surface area contributed by atoms with E-state index in [4.69, 9.17) is 14.2 Å². The molecule has 15 heteroatoms. The van der Waals surface area contributed by atoms with Gasteiger partial charge in [-0.1, -0.05) is 296 Å². The number of aromatic amines is 1. The van der Waals surface area contributed by atoms with E-state index in [9.17, 15) is 19.1 Å². The molecule has 0 saturated heterocycles. The standard InChI is InChI=1S/C15H22N2O.C14H23NOS.C14H23NO.C14H25NO.C14H23N.2C13H21NO/c1-14(2,3)10-8-12(15(4,5)6)17-11(9-16)13(10)18-7;1-13(2,3)10-8-12(14(4,5)6)15-9-11(10)17(7)16;1-13(2,3)10-8-12(14(4,5)6)15-9-11(10)16-7;1-13(2,3)10-8-11(14(4,5)6)12(16-7)15-9-10;1-10-12(14(5,6)7)8-11(9-15-10)13(2,3)4;1-12(2,3)9-7-10(13(4,5)6)11(15)14-8-9;1-9(2)11-7-10(13(3,4)5)8-14(6)12(11)15/h8H,1-7H3;8-9H,1-7H3;8-9H,1-7H3;8-9,12,15H,1-7H3;8-9H,1-7H3;7-8H,1-6H3,(H,14,15);7-9H,1-6H3. The first-order chi connectivity index (χ1) is 49.9. The Morgan fingerprint density at radius 2 is 0.911 bits per heavy atom. The first-order valence-corrected chi connectivity index (χ1v) is 41.5. The van der Waals surface area contributed by atoms with Crippen LogP contribution in [0.1, 0.15) is 368 Å². The number of dihydropyridines is 1. The third-order valence-electron chi connectivity index (χ3n) is 19.3. The van der Waals surface area contributed by atoms with Gasteiger partial charge in [0.25, 0.3) is 11.1 Å². The van der Waals surface area contributed by atoms with Crippen molar-refractivity contribution in [2.75, 3.05) is 27.6 Å². The highest BCUT2D eigenvalue weighted by atomic mass is 32.2. The lowest BCUT2D eigenvalue weighted by atomic mass is 9.78. The van der Waals surface area contributed by atoms with Gasteiger partial charge in [0, 0.05) is 113 Å². The highest BCUT2D eigenvalue weighted by Gasteiger charge is 2.33. The molecule has 0 spiro atoms. The van der Waals surface area contributed by atoms with Gasteiger partial charge in [0.1, 0.15) is 18.0 Å². The Kier molecular flexibility index (Phi) is 35.5. The maximum absolute atomic E-state index is 11.9. The quantitative estimate of drug-likeness (QED) is 0.167. The normalized spacial score (nSPS) is 14.3. The molecule has 14 nitrogen and oxygen atoms in total. The van der Waals surface area contributed by atoms with Crippen LogP contribution in [-0.2, 0) is 82.1 Å². The zero-order valence-electron chi connectivity index (χ0n) is 79.7. The summed E-state index contributed by atoms with van der Waals surface area (Å²) in [5.41, 5.74) is 18.3. The van der Waals surface area contributed by atoms with Crippen LogP contribution in [0.3, 0.4) is 0 Å². The third-order valence-corrected chi connectivity index (χ3v) is 20.2. The van der Waals surface area contributed by atoms with Crippen LogP contribution < -0.4 is 25.9 Å². The van der Waals surface area contributed by atoms with E-state index in [0.29, 0.717) is 11.4 Å². The number of nitriles is 1. The number of nitrogens with zero attached hydrogens (tertiary/aromatic N) is 6. The van der Waals surface area contributed by atoms with E-state index in [2.05, 4.69) is 364 Å². The summed E-state index contributed by atoms with van der Waals surface area (Å²) in [5.74, 6) is 1.75. The average Bonchev–Trinajstić information content (AvgIpc) is 0.777. The van der Waals surface area contributed by atoms with Crippen LogP contribution in [0.4, 0.5) is 0 Å². The number of methoxy groups -OCH3 is 3. The number of aromatic nitrogens is 6. The van der Waals surface area contributed by atoms with Crippen LogP contribution in [0.25, 0.3) is 0 Å². The second-order valence-corrected chi connectivity index (χ2v) is 45.2. The van der Waals surface area contributed by atoms with E-state index in [1.807, 2.05) is 44.0 Å². The largest absolute Gasteiger partial charge is 0.495 e. The van der Waals surface area contributed by atoms with E-state index in [1.54, 1.807) is 38.3 Å². The van der Waals surface area contributed by atoms with Crippen LogP contribution in [0, 0.1) is 29.1 Å². The lowest BCUT2D eigenvalue weighted by molar-refractivity contribution is 0.0963. The Bertz CT molecular complexity index is 4330. The topological polar surface area (TPSA) is 187 Å². The molecular formula is C97H158N8O6S. The van der Waals surface area contributed by atoms with Crippen molar-refractivity contribution in [1.82, 2.24) is 34.8 Å². The highest BCUT2D eigenvalue weighted by molar-refractivity contribution is 7.84. The molecule has 2 atom stereocenters.